The van der Waals surface area contributed by atoms with Crippen LogP contribution in [0.1, 0.15) is 24.6 Å². The molecule has 0 amide bonds. The fourth-order valence-electron chi connectivity index (χ4n) is 1.62. The van der Waals surface area contributed by atoms with Crippen LogP contribution in [0.3, 0.4) is 0 Å². The van der Waals surface area contributed by atoms with Crippen LogP contribution in [-0.2, 0) is 0 Å². The average molecular weight is 253 g/mol. The summed E-state index contributed by atoms with van der Waals surface area (Å²) >= 11 is 3.42. The minimum absolute atomic E-state index is 0.582. The zero-order valence-corrected chi connectivity index (χ0v) is 9.03. The maximum absolute atomic E-state index is 5.84. The SMILES string of the molecule is Nc1cc(Br)cn2c(C3CC3)nnc12. The van der Waals surface area contributed by atoms with Crippen molar-refractivity contribution in [2.24, 2.45) is 0 Å². The van der Waals surface area contributed by atoms with Crippen LogP contribution in [-0.4, -0.2) is 14.6 Å². The van der Waals surface area contributed by atoms with E-state index in [-0.39, 0.29) is 0 Å². The van der Waals surface area contributed by atoms with Gasteiger partial charge in [-0.2, -0.15) is 0 Å². The van der Waals surface area contributed by atoms with Gasteiger partial charge in [-0.05, 0) is 34.8 Å². The molecule has 0 bridgehead atoms. The molecular formula is C9H9BrN4. The zero-order chi connectivity index (χ0) is 9.71. The summed E-state index contributed by atoms with van der Waals surface area (Å²) in [6.45, 7) is 0. The van der Waals surface area contributed by atoms with Gasteiger partial charge in [-0.15, -0.1) is 10.2 Å². The van der Waals surface area contributed by atoms with Crippen molar-refractivity contribution in [2.45, 2.75) is 18.8 Å². The first kappa shape index (κ1) is 8.23. The van der Waals surface area contributed by atoms with Crippen LogP contribution < -0.4 is 5.73 Å². The van der Waals surface area contributed by atoms with Crippen LogP contribution >= 0.6 is 15.9 Å². The van der Waals surface area contributed by atoms with Gasteiger partial charge in [-0.3, -0.25) is 4.40 Å². The van der Waals surface area contributed by atoms with E-state index in [4.69, 9.17) is 5.73 Å². The molecule has 14 heavy (non-hydrogen) atoms. The lowest BCUT2D eigenvalue weighted by Gasteiger charge is -2.00. The molecule has 2 aromatic rings. The average Bonchev–Trinajstić information content (AvgIpc) is 2.87. The lowest BCUT2D eigenvalue weighted by Crippen LogP contribution is -1.95. The van der Waals surface area contributed by atoms with Crippen molar-refractivity contribution in [3.8, 4) is 0 Å². The third kappa shape index (κ3) is 1.12. The Morgan fingerprint density at radius 2 is 2.21 bits per heavy atom. The summed E-state index contributed by atoms with van der Waals surface area (Å²) in [5.74, 6) is 1.62. The highest BCUT2D eigenvalue weighted by molar-refractivity contribution is 9.10. The van der Waals surface area contributed by atoms with Gasteiger partial charge >= 0.3 is 0 Å². The maximum atomic E-state index is 5.84. The molecule has 1 aliphatic rings. The number of anilines is 1. The molecule has 1 saturated carbocycles. The molecule has 0 radical (unpaired) electrons. The van der Waals surface area contributed by atoms with Crippen molar-refractivity contribution < 1.29 is 0 Å². The van der Waals surface area contributed by atoms with E-state index in [1.54, 1.807) is 0 Å². The van der Waals surface area contributed by atoms with Gasteiger partial charge in [0, 0.05) is 16.6 Å². The van der Waals surface area contributed by atoms with Gasteiger partial charge < -0.3 is 5.73 Å². The number of nitrogen functional groups attached to an aromatic ring is 1. The van der Waals surface area contributed by atoms with Crippen molar-refractivity contribution in [3.63, 3.8) is 0 Å². The van der Waals surface area contributed by atoms with Crippen LogP contribution in [0.4, 0.5) is 5.69 Å². The van der Waals surface area contributed by atoms with E-state index in [1.807, 2.05) is 16.7 Å². The van der Waals surface area contributed by atoms with E-state index < -0.39 is 0 Å². The van der Waals surface area contributed by atoms with E-state index in [2.05, 4.69) is 26.1 Å². The van der Waals surface area contributed by atoms with Gasteiger partial charge in [-0.1, -0.05) is 0 Å². The molecule has 1 fully saturated rings. The van der Waals surface area contributed by atoms with Crippen LogP contribution in [0.5, 0.6) is 0 Å². The van der Waals surface area contributed by atoms with Gasteiger partial charge in [-0.25, -0.2) is 0 Å². The molecular weight excluding hydrogens is 244 g/mol. The number of hydrogen-bond acceptors (Lipinski definition) is 3. The minimum Gasteiger partial charge on any atom is -0.396 e. The second-order valence-electron chi connectivity index (χ2n) is 3.64. The van der Waals surface area contributed by atoms with Crippen LogP contribution in [0.2, 0.25) is 0 Å². The Kier molecular flexibility index (Phi) is 1.58. The largest absolute Gasteiger partial charge is 0.396 e. The molecule has 0 atom stereocenters. The number of aromatic nitrogens is 3. The first-order valence-corrected chi connectivity index (χ1v) is 5.34. The zero-order valence-electron chi connectivity index (χ0n) is 7.44. The summed E-state index contributed by atoms with van der Waals surface area (Å²) in [7, 11) is 0. The Bertz CT molecular complexity index is 501. The summed E-state index contributed by atoms with van der Waals surface area (Å²) in [6, 6.07) is 1.85. The Morgan fingerprint density at radius 1 is 1.43 bits per heavy atom. The molecule has 0 aromatic carbocycles. The highest BCUT2D eigenvalue weighted by Gasteiger charge is 2.28. The molecule has 0 aliphatic heterocycles. The van der Waals surface area contributed by atoms with Gasteiger partial charge in [0.2, 0.25) is 0 Å². The maximum Gasteiger partial charge on any atom is 0.184 e. The van der Waals surface area contributed by atoms with Gasteiger partial charge in [0.25, 0.3) is 0 Å². The van der Waals surface area contributed by atoms with Gasteiger partial charge in [0.05, 0.1) is 5.69 Å². The lowest BCUT2D eigenvalue weighted by molar-refractivity contribution is 0.896. The van der Waals surface area contributed by atoms with Crippen molar-refractivity contribution in [1.82, 2.24) is 14.6 Å². The molecule has 0 spiro atoms. The molecule has 72 valence electrons. The quantitative estimate of drug-likeness (QED) is 0.845. The Balaban J connectivity index is 2.33. The molecule has 4 nitrogen and oxygen atoms in total. The molecule has 0 unspecified atom stereocenters. The van der Waals surface area contributed by atoms with E-state index in [0.717, 1.165) is 15.9 Å². The second kappa shape index (κ2) is 2.70. The number of pyridine rings is 1. The van der Waals surface area contributed by atoms with Crippen molar-refractivity contribution in [2.75, 3.05) is 5.73 Å². The van der Waals surface area contributed by atoms with E-state index >= 15 is 0 Å². The van der Waals surface area contributed by atoms with E-state index in [0.29, 0.717) is 11.6 Å². The number of rotatable bonds is 1. The van der Waals surface area contributed by atoms with Crippen molar-refractivity contribution in [3.05, 3.63) is 22.6 Å². The molecule has 2 aromatic heterocycles. The topological polar surface area (TPSA) is 56.2 Å². The molecule has 3 rings (SSSR count). The number of nitrogens with zero attached hydrogens (tertiary/aromatic N) is 3. The summed E-state index contributed by atoms with van der Waals surface area (Å²) in [5, 5.41) is 8.26. The lowest BCUT2D eigenvalue weighted by atomic mass is 10.3. The normalized spacial score (nSPS) is 16.4. The second-order valence-corrected chi connectivity index (χ2v) is 4.56. The highest BCUT2D eigenvalue weighted by Crippen LogP contribution is 2.39. The van der Waals surface area contributed by atoms with Crippen LogP contribution in [0, 0.1) is 0 Å². The van der Waals surface area contributed by atoms with Crippen LogP contribution in [0.15, 0.2) is 16.7 Å². The van der Waals surface area contributed by atoms with E-state index in [1.165, 1.54) is 12.8 Å². The third-order valence-corrected chi connectivity index (χ3v) is 2.90. The fraction of sp³-hybridized carbons (Fsp3) is 0.333. The Hall–Kier alpha value is -1.10. The highest BCUT2D eigenvalue weighted by atomic mass is 79.9. The predicted molar refractivity (Wildman–Crippen MR) is 57.1 cm³/mol. The van der Waals surface area contributed by atoms with Crippen molar-refractivity contribution in [1.29, 1.82) is 0 Å². The Labute approximate surface area is 89.3 Å². The molecule has 5 heteroatoms. The monoisotopic (exact) mass is 252 g/mol. The molecule has 2 heterocycles. The molecule has 2 N–H and O–H groups in total. The molecule has 0 saturated heterocycles. The number of halogens is 1. The van der Waals surface area contributed by atoms with E-state index in [9.17, 15) is 0 Å². The predicted octanol–water partition coefficient (Wildman–Crippen LogP) is 1.95. The Morgan fingerprint density at radius 3 is 2.93 bits per heavy atom. The molecule has 1 aliphatic carbocycles. The first-order valence-electron chi connectivity index (χ1n) is 4.55. The van der Waals surface area contributed by atoms with Gasteiger partial charge in [0.1, 0.15) is 5.82 Å². The smallest absolute Gasteiger partial charge is 0.184 e. The summed E-state index contributed by atoms with van der Waals surface area (Å²) in [4.78, 5) is 0. The third-order valence-electron chi connectivity index (χ3n) is 2.47. The summed E-state index contributed by atoms with van der Waals surface area (Å²) < 4.78 is 2.95. The summed E-state index contributed by atoms with van der Waals surface area (Å²) in [6.07, 6.45) is 4.40. The van der Waals surface area contributed by atoms with Crippen LogP contribution in [0.25, 0.3) is 5.65 Å². The minimum atomic E-state index is 0.582. The van der Waals surface area contributed by atoms with Gasteiger partial charge in [0.15, 0.2) is 5.65 Å². The standard InChI is InChI=1S/C9H9BrN4/c10-6-3-7(11)9-13-12-8(5-1-2-5)14(9)4-6/h3-5H,1-2,11H2. The van der Waals surface area contributed by atoms with Crippen molar-refractivity contribution >= 4 is 27.3 Å². The number of nitrogens with two attached hydrogens (primary N) is 1. The number of hydrogen-bond donors (Lipinski definition) is 1. The fourth-order valence-corrected chi connectivity index (χ4v) is 2.07. The number of fused-ring (bicyclic) bond motifs is 1. The summed E-state index contributed by atoms with van der Waals surface area (Å²) in [5.41, 5.74) is 7.26. The first-order chi connectivity index (χ1) is 6.75.